The predicted molar refractivity (Wildman–Crippen MR) is 124 cm³/mol. The third kappa shape index (κ3) is 6.41. The first-order valence-corrected chi connectivity index (χ1v) is 11.4. The highest BCUT2D eigenvalue weighted by Crippen LogP contribution is 2.28. The monoisotopic (exact) mass is 455 g/mol. The first kappa shape index (κ1) is 24.4. The van der Waals surface area contributed by atoms with E-state index in [9.17, 15) is 14.4 Å². The average molecular weight is 456 g/mol. The highest BCUT2D eigenvalue weighted by Gasteiger charge is 2.27. The molecule has 1 fully saturated rings. The van der Waals surface area contributed by atoms with Crippen LogP contribution in [0.1, 0.15) is 71.5 Å². The SMILES string of the molecule is Cn1cc(CCC(=O)c2cccn2C(=O)C(CC2CCCCC2)NCOC=O)cc1C(=N)N. The number of carbonyl (C=O) groups is 3. The van der Waals surface area contributed by atoms with Crippen molar-refractivity contribution in [3.8, 4) is 0 Å². The number of nitrogens with zero attached hydrogens (tertiary/aromatic N) is 2. The van der Waals surface area contributed by atoms with Gasteiger partial charge in [-0.15, -0.1) is 0 Å². The van der Waals surface area contributed by atoms with Gasteiger partial charge in [-0.25, -0.2) is 0 Å². The van der Waals surface area contributed by atoms with Crippen molar-refractivity contribution < 1.29 is 19.1 Å². The lowest BCUT2D eigenvalue weighted by Gasteiger charge is -2.26. The van der Waals surface area contributed by atoms with Crippen LogP contribution in [0.5, 0.6) is 0 Å². The van der Waals surface area contributed by atoms with E-state index >= 15 is 0 Å². The second-order valence-corrected chi connectivity index (χ2v) is 8.69. The fourth-order valence-corrected chi connectivity index (χ4v) is 4.60. The zero-order chi connectivity index (χ0) is 23.8. The first-order chi connectivity index (χ1) is 15.9. The Labute approximate surface area is 193 Å². The summed E-state index contributed by atoms with van der Waals surface area (Å²) < 4.78 is 7.94. The molecule has 0 aliphatic heterocycles. The van der Waals surface area contributed by atoms with Crippen LogP contribution in [0.3, 0.4) is 0 Å². The molecule has 1 aliphatic carbocycles. The summed E-state index contributed by atoms with van der Waals surface area (Å²) in [6.07, 6.45) is 10.5. The summed E-state index contributed by atoms with van der Waals surface area (Å²) in [4.78, 5) is 36.9. The molecule has 0 aromatic carbocycles. The first-order valence-electron chi connectivity index (χ1n) is 11.4. The molecule has 2 aromatic heterocycles. The summed E-state index contributed by atoms with van der Waals surface area (Å²) >= 11 is 0. The van der Waals surface area contributed by atoms with Gasteiger partial charge in [0.05, 0.1) is 17.4 Å². The minimum Gasteiger partial charge on any atom is -0.452 e. The van der Waals surface area contributed by atoms with Gasteiger partial charge in [0.15, 0.2) is 5.78 Å². The molecule has 1 saturated carbocycles. The van der Waals surface area contributed by atoms with Gasteiger partial charge in [-0.1, -0.05) is 32.1 Å². The van der Waals surface area contributed by atoms with Crippen LogP contribution in [-0.4, -0.2) is 45.9 Å². The van der Waals surface area contributed by atoms with Crippen LogP contribution in [0.2, 0.25) is 0 Å². The van der Waals surface area contributed by atoms with Crippen LogP contribution < -0.4 is 11.1 Å². The van der Waals surface area contributed by atoms with Crippen molar-refractivity contribution in [3.05, 3.63) is 47.5 Å². The number of aryl methyl sites for hydroxylation is 2. The van der Waals surface area contributed by atoms with Gasteiger partial charge < -0.3 is 15.0 Å². The number of amidine groups is 1. The van der Waals surface area contributed by atoms with Gasteiger partial charge in [-0.2, -0.15) is 0 Å². The zero-order valence-corrected chi connectivity index (χ0v) is 19.1. The maximum Gasteiger partial charge on any atom is 0.294 e. The topological polar surface area (TPSA) is 132 Å². The van der Waals surface area contributed by atoms with E-state index in [1.165, 1.54) is 11.0 Å². The molecule has 1 aliphatic rings. The molecule has 3 rings (SSSR count). The number of ketones is 1. The number of hydrogen-bond acceptors (Lipinski definition) is 6. The van der Waals surface area contributed by atoms with Crippen molar-refractivity contribution in [2.75, 3.05) is 6.73 Å². The summed E-state index contributed by atoms with van der Waals surface area (Å²) in [6.45, 7) is 0.296. The van der Waals surface area contributed by atoms with Gasteiger partial charge >= 0.3 is 0 Å². The molecule has 0 amide bonds. The van der Waals surface area contributed by atoms with Crippen LogP contribution in [0.25, 0.3) is 0 Å². The zero-order valence-electron chi connectivity index (χ0n) is 19.1. The van der Waals surface area contributed by atoms with Gasteiger partial charge in [0, 0.05) is 25.9 Å². The lowest BCUT2D eigenvalue weighted by Crippen LogP contribution is -2.43. The third-order valence-corrected chi connectivity index (χ3v) is 6.32. The van der Waals surface area contributed by atoms with E-state index in [1.807, 2.05) is 6.20 Å². The minimum atomic E-state index is -0.542. The van der Waals surface area contributed by atoms with Crippen LogP contribution >= 0.6 is 0 Å². The normalized spacial score (nSPS) is 15.2. The summed E-state index contributed by atoms with van der Waals surface area (Å²) in [7, 11) is 1.81. The second-order valence-electron chi connectivity index (χ2n) is 8.69. The second kappa shape index (κ2) is 11.6. The largest absolute Gasteiger partial charge is 0.452 e. The number of aromatic nitrogens is 2. The van der Waals surface area contributed by atoms with Crippen LogP contribution in [0.4, 0.5) is 0 Å². The Morgan fingerprint density at radius 3 is 2.73 bits per heavy atom. The summed E-state index contributed by atoms with van der Waals surface area (Å²) in [5.41, 5.74) is 7.42. The molecular formula is C24H33N5O4. The Bertz CT molecular complexity index is 987. The third-order valence-electron chi connectivity index (χ3n) is 6.32. The van der Waals surface area contributed by atoms with Crippen LogP contribution in [0, 0.1) is 11.3 Å². The van der Waals surface area contributed by atoms with Crippen molar-refractivity contribution in [1.29, 1.82) is 5.41 Å². The number of hydrogen-bond donors (Lipinski definition) is 3. The van der Waals surface area contributed by atoms with E-state index in [2.05, 4.69) is 5.32 Å². The number of nitrogen functional groups attached to an aromatic ring is 1. The summed E-state index contributed by atoms with van der Waals surface area (Å²) in [6, 6.07) is 4.61. The van der Waals surface area contributed by atoms with Crippen LogP contribution in [0.15, 0.2) is 30.6 Å². The maximum atomic E-state index is 13.4. The standard InChI is InChI=1S/C24H33N5O4/c1-28-14-18(13-21(28)23(25)26)9-10-22(31)20-8-5-11-29(20)24(32)19(27-15-33-16-30)12-17-6-3-2-4-7-17/h5,8,11,13-14,16-17,19,27H,2-4,6-7,9-10,12,15H2,1H3,(H3,25,26). The number of Topliss-reactive ketones (excluding diaryl/α,β-unsaturated/α-hetero) is 1. The minimum absolute atomic E-state index is 0.0235. The molecule has 0 spiro atoms. The van der Waals surface area contributed by atoms with Gasteiger partial charge in [0.25, 0.3) is 6.47 Å². The molecule has 1 unspecified atom stereocenters. The van der Waals surface area contributed by atoms with Gasteiger partial charge in [0.1, 0.15) is 12.6 Å². The Kier molecular flexibility index (Phi) is 8.59. The quantitative estimate of drug-likeness (QED) is 0.113. The lowest BCUT2D eigenvalue weighted by atomic mass is 9.84. The van der Waals surface area contributed by atoms with Gasteiger partial charge in [-0.05, 0) is 42.5 Å². The Hall–Kier alpha value is -3.20. The molecule has 0 saturated heterocycles. The van der Waals surface area contributed by atoms with Crippen molar-refractivity contribution in [3.63, 3.8) is 0 Å². The smallest absolute Gasteiger partial charge is 0.294 e. The van der Waals surface area contributed by atoms with Gasteiger partial charge in [-0.3, -0.25) is 29.7 Å². The average Bonchev–Trinajstić information content (AvgIpc) is 3.44. The maximum absolute atomic E-state index is 13.4. The highest BCUT2D eigenvalue weighted by molar-refractivity contribution is 5.99. The lowest BCUT2D eigenvalue weighted by molar-refractivity contribution is -0.129. The fourth-order valence-electron chi connectivity index (χ4n) is 4.60. The molecule has 0 radical (unpaired) electrons. The van der Waals surface area contributed by atoms with E-state index in [4.69, 9.17) is 15.9 Å². The summed E-state index contributed by atoms with van der Waals surface area (Å²) in [5.74, 6) is 0.0495. The predicted octanol–water partition coefficient (Wildman–Crippen LogP) is 2.63. The number of rotatable bonds is 12. The molecule has 9 heteroatoms. The van der Waals surface area contributed by atoms with E-state index in [0.29, 0.717) is 36.6 Å². The Balaban J connectivity index is 1.69. The molecular weight excluding hydrogens is 422 g/mol. The molecule has 178 valence electrons. The van der Waals surface area contributed by atoms with Crippen molar-refractivity contribution in [2.24, 2.45) is 18.7 Å². The molecule has 9 nitrogen and oxygen atoms in total. The molecule has 33 heavy (non-hydrogen) atoms. The molecule has 2 heterocycles. The number of carbonyl (C=O) groups excluding carboxylic acids is 3. The van der Waals surface area contributed by atoms with Crippen molar-refractivity contribution in [2.45, 2.75) is 57.4 Å². The molecule has 0 bridgehead atoms. The van der Waals surface area contributed by atoms with E-state index in [0.717, 1.165) is 31.2 Å². The Morgan fingerprint density at radius 2 is 2.06 bits per heavy atom. The van der Waals surface area contributed by atoms with E-state index < -0.39 is 6.04 Å². The Morgan fingerprint density at radius 1 is 1.30 bits per heavy atom. The molecule has 1 atom stereocenters. The fraction of sp³-hybridized carbons (Fsp3) is 0.500. The van der Waals surface area contributed by atoms with Gasteiger partial charge in [0.2, 0.25) is 5.91 Å². The van der Waals surface area contributed by atoms with E-state index in [-0.39, 0.29) is 30.7 Å². The van der Waals surface area contributed by atoms with Crippen molar-refractivity contribution >= 4 is 24.0 Å². The van der Waals surface area contributed by atoms with Crippen molar-refractivity contribution in [1.82, 2.24) is 14.5 Å². The highest BCUT2D eigenvalue weighted by atomic mass is 16.5. The number of ether oxygens (including phenoxy) is 1. The summed E-state index contributed by atoms with van der Waals surface area (Å²) in [5, 5.41) is 10.6. The molecule has 2 aromatic rings. The van der Waals surface area contributed by atoms with E-state index in [1.54, 1.807) is 36.0 Å². The van der Waals surface area contributed by atoms with Crippen LogP contribution in [-0.2, 0) is 23.0 Å². The number of nitrogens with one attached hydrogen (secondary N) is 2. The molecule has 4 N–H and O–H groups in total. The number of nitrogens with two attached hydrogens (primary N) is 1.